The lowest BCUT2D eigenvalue weighted by molar-refractivity contribution is -0.141. The van der Waals surface area contributed by atoms with E-state index in [9.17, 15) is 14.0 Å². The van der Waals surface area contributed by atoms with Crippen molar-refractivity contribution in [2.45, 2.75) is 16.6 Å². The average Bonchev–Trinajstić information content (AvgIpc) is 3.12. The van der Waals surface area contributed by atoms with Crippen LogP contribution < -0.4 is 0 Å². The predicted octanol–water partition coefficient (Wildman–Crippen LogP) is 3.59. The molecule has 0 radical (unpaired) electrons. The summed E-state index contributed by atoms with van der Waals surface area (Å²) in [7, 11) is 0. The highest BCUT2D eigenvalue weighted by molar-refractivity contribution is 8.00. The molecule has 0 aliphatic carbocycles. The van der Waals surface area contributed by atoms with E-state index in [1.807, 2.05) is 30.3 Å². The molecule has 0 aromatic heterocycles. The lowest BCUT2D eigenvalue weighted by Crippen LogP contribution is -2.33. The molecule has 1 saturated heterocycles. The maximum Gasteiger partial charge on any atom is 0.308 e. The predicted molar refractivity (Wildman–Crippen MR) is 93.8 cm³/mol. The van der Waals surface area contributed by atoms with Crippen LogP contribution in [0.2, 0.25) is 0 Å². The largest absolute Gasteiger partial charge is 0.481 e. The number of halogens is 1. The summed E-state index contributed by atoms with van der Waals surface area (Å²) in [6.45, 7) is 0.685. The van der Waals surface area contributed by atoms with Crippen molar-refractivity contribution in [3.63, 3.8) is 0 Å². The monoisotopic (exact) mass is 359 g/mol. The molecule has 2 aromatic rings. The van der Waals surface area contributed by atoms with E-state index in [-0.39, 0.29) is 18.3 Å². The first-order chi connectivity index (χ1) is 12.0. The number of aliphatic carboxylic acids is 1. The number of thioether (sulfide) groups is 1. The SMILES string of the molecule is O=C(O)C1CCN(C(=O)C(Sc2ccc(F)cc2)c2ccccc2)C1. The van der Waals surface area contributed by atoms with Crippen LogP contribution in [0.4, 0.5) is 4.39 Å². The number of carboxylic acids is 1. The van der Waals surface area contributed by atoms with Gasteiger partial charge in [0.15, 0.2) is 0 Å². The van der Waals surface area contributed by atoms with Gasteiger partial charge in [-0.3, -0.25) is 9.59 Å². The van der Waals surface area contributed by atoms with Crippen molar-refractivity contribution < 1.29 is 19.1 Å². The third-order valence-corrected chi connectivity index (χ3v) is 5.50. The number of carbonyl (C=O) groups is 2. The van der Waals surface area contributed by atoms with Gasteiger partial charge in [0.1, 0.15) is 11.1 Å². The summed E-state index contributed by atoms with van der Waals surface area (Å²) in [6.07, 6.45) is 0.476. The molecule has 2 atom stereocenters. The van der Waals surface area contributed by atoms with Gasteiger partial charge in [-0.15, -0.1) is 11.8 Å². The maximum atomic E-state index is 13.1. The molecule has 25 heavy (non-hydrogen) atoms. The van der Waals surface area contributed by atoms with Crippen molar-refractivity contribution in [3.8, 4) is 0 Å². The van der Waals surface area contributed by atoms with E-state index < -0.39 is 17.1 Å². The zero-order chi connectivity index (χ0) is 17.8. The fraction of sp³-hybridized carbons (Fsp3) is 0.263. The van der Waals surface area contributed by atoms with Crippen molar-refractivity contribution in [2.24, 2.45) is 5.92 Å². The van der Waals surface area contributed by atoms with Crippen molar-refractivity contribution >= 4 is 23.6 Å². The van der Waals surface area contributed by atoms with Gasteiger partial charge in [0, 0.05) is 18.0 Å². The summed E-state index contributed by atoms with van der Waals surface area (Å²) in [5.74, 6) is -1.80. The van der Waals surface area contributed by atoms with Crippen LogP contribution in [0.3, 0.4) is 0 Å². The summed E-state index contributed by atoms with van der Waals surface area (Å²) >= 11 is 1.35. The highest BCUT2D eigenvalue weighted by Crippen LogP contribution is 2.37. The lowest BCUT2D eigenvalue weighted by Gasteiger charge is -2.23. The Morgan fingerprint density at radius 1 is 1.12 bits per heavy atom. The molecule has 1 aliphatic rings. The van der Waals surface area contributed by atoms with E-state index in [0.29, 0.717) is 13.0 Å². The third-order valence-electron chi connectivity index (χ3n) is 4.24. The smallest absolute Gasteiger partial charge is 0.308 e. The Morgan fingerprint density at radius 3 is 2.40 bits per heavy atom. The van der Waals surface area contributed by atoms with E-state index in [2.05, 4.69) is 0 Å². The van der Waals surface area contributed by atoms with Gasteiger partial charge >= 0.3 is 5.97 Å². The van der Waals surface area contributed by atoms with Crippen LogP contribution in [0.15, 0.2) is 59.5 Å². The first-order valence-electron chi connectivity index (χ1n) is 8.03. The zero-order valence-corrected chi connectivity index (χ0v) is 14.3. The van der Waals surface area contributed by atoms with Gasteiger partial charge in [0.05, 0.1) is 5.92 Å². The number of rotatable bonds is 5. The second-order valence-electron chi connectivity index (χ2n) is 5.97. The number of carbonyl (C=O) groups excluding carboxylic acids is 1. The second-order valence-corrected chi connectivity index (χ2v) is 7.15. The van der Waals surface area contributed by atoms with Crippen LogP contribution >= 0.6 is 11.8 Å². The number of nitrogens with zero attached hydrogens (tertiary/aromatic N) is 1. The summed E-state index contributed by atoms with van der Waals surface area (Å²) in [5.41, 5.74) is 0.848. The molecule has 2 aromatic carbocycles. The van der Waals surface area contributed by atoms with Crippen LogP contribution in [-0.4, -0.2) is 35.0 Å². The Labute approximate surface area is 149 Å². The number of likely N-dealkylation sites (tertiary alicyclic amines) is 1. The molecular formula is C19H18FNO3S. The summed E-state index contributed by atoms with van der Waals surface area (Å²) < 4.78 is 13.1. The molecular weight excluding hydrogens is 341 g/mol. The first-order valence-corrected chi connectivity index (χ1v) is 8.91. The van der Waals surface area contributed by atoms with Gasteiger partial charge in [0.25, 0.3) is 0 Å². The molecule has 1 heterocycles. The number of amides is 1. The number of carboxylic acid groups (broad SMARTS) is 1. The normalized spacial score (nSPS) is 18.1. The molecule has 1 amide bonds. The van der Waals surface area contributed by atoms with Gasteiger partial charge in [-0.25, -0.2) is 4.39 Å². The van der Waals surface area contributed by atoms with Crippen molar-refractivity contribution in [1.82, 2.24) is 4.90 Å². The third kappa shape index (κ3) is 4.20. The standard InChI is InChI=1S/C19H18FNO3S/c20-15-6-8-16(9-7-15)25-17(13-4-2-1-3-5-13)18(22)21-11-10-14(12-21)19(23)24/h1-9,14,17H,10-12H2,(H,23,24). The van der Waals surface area contributed by atoms with Gasteiger partial charge in [-0.05, 0) is 36.2 Å². The Balaban J connectivity index is 1.82. The van der Waals surface area contributed by atoms with E-state index in [4.69, 9.17) is 5.11 Å². The fourth-order valence-electron chi connectivity index (χ4n) is 2.87. The molecule has 2 unspecified atom stereocenters. The molecule has 0 saturated carbocycles. The molecule has 1 aliphatic heterocycles. The van der Waals surface area contributed by atoms with E-state index in [0.717, 1.165) is 10.5 Å². The minimum Gasteiger partial charge on any atom is -0.481 e. The van der Waals surface area contributed by atoms with Crippen molar-refractivity contribution in [2.75, 3.05) is 13.1 Å². The molecule has 1 N–H and O–H groups in total. The summed E-state index contributed by atoms with van der Waals surface area (Å²) in [5, 5.41) is 8.66. The molecule has 3 rings (SSSR count). The molecule has 130 valence electrons. The average molecular weight is 359 g/mol. The Kier molecular flexibility index (Phi) is 5.38. The van der Waals surface area contributed by atoms with Crippen LogP contribution in [0.5, 0.6) is 0 Å². The Hall–Kier alpha value is -2.34. The van der Waals surface area contributed by atoms with E-state index in [1.165, 1.54) is 23.9 Å². The van der Waals surface area contributed by atoms with E-state index >= 15 is 0 Å². The van der Waals surface area contributed by atoms with Gasteiger partial charge < -0.3 is 10.0 Å². The molecule has 0 bridgehead atoms. The fourth-order valence-corrected chi connectivity index (χ4v) is 3.97. The van der Waals surface area contributed by atoms with Crippen molar-refractivity contribution in [3.05, 3.63) is 66.0 Å². The topological polar surface area (TPSA) is 57.6 Å². The number of hydrogen-bond donors (Lipinski definition) is 1. The Morgan fingerprint density at radius 2 is 1.80 bits per heavy atom. The molecule has 6 heteroatoms. The lowest BCUT2D eigenvalue weighted by atomic mass is 10.1. The minimum absolute atomic E-state index is 0.107. The molecule has 1 fully saturated rings. The first kappa shape index (κ1) is 17.5. The van der Waals surface area contributed by atoms with E-state index in [1.54, 1.807) is 17.0 Å². The summed E-state index contributed by atoms with van der Waals surface area (Å²) in [4.78, 5) is 26.6. The Bertz CT molecular complexity index is 751. The second kappa shape index (κ2) is 7.70. The summed E-state index contributed by atoms with van der Waals surface area (Å²) in [6, 6.07) is 15.4. The maximum absolute atomic E-state index is 13.1. The van der Waals surface area contributed by atoms with Gasteiger partial charge in [-0.2, -0.15) is 0 Å². The quantitative estimate of drug-likeness (QED) is 0.829. The molecule has 4 nitrogen and oxygen atoms in total. The van der Waals surface area contributed by atoms with Crippen LogP contribution in [0.1, 0.15) is 17.2 Å². The van der Waals surface area contributed by atoms with Gasteiger partial charge in [-0.1, -0.05) is 30.3 Å². The molecule has 0 spiro atoms. The highest BCUT2D eigenvalue weighted by Gasteiger charge is 2.35. The number of hydrogen-bond acceptors (Lipinski definition) is 3. The van der Waals surface area contributed by atoms with Crippen molar-refractivity contribution in [1.29, 1.82) is 0 Å². The van der Waals surface area contributed by atoms with Crippen LogP contribution in [0, 0.1) is 11.7 Å². The number of benzene rings is 2. The van der Waals surface area contributed by atoms with Gasteiger partial charge in [0.2, 0.25) is 5.91 Å². The van der Waals surface area contributed by atoms with Crippen LogP contribution in [-0.2, 0) is 9.59 Å². The minimum atomic E-state index is -0.863. The zero-order valence-electron chi connectivity index (χ0n) is 13.5. The van der Waals surface area contributed by atoms with Crippen LogP contribution in [0.25, 0.3) is 0 Å². The highest BCUT2D eigenvalue weighted by atomic mass is 32.2.